The van der Waals surface area contributed by atoms with E-state index in [0.717, 1.165) is 18.4 Å². The Kier molecular flexibility index (Phi) is 3.47. The standard InChI is InChI=1S/C12H17NO4S/c1-3-10-8(2)6-11(17-10)12(14)13-18(15,16)7-9-4-5-9/h6,9H,3-5,7H2,1-2H3,(H,13,14). The molecule has 0 aliphatic heterocycles. The first kappa shape index (κ1) is 13.1. The molecule has 1 aliphatic carbocycles. The average molecular weight is 271 g/mol. The number of furan rings is 1. The molecule has 2 rings (SSSR count). The van der Waals surface area contributed by atoms with Gasteiger partial charge in [-0.05, 0) is 37.3 Å². The minimum Gasteiger partial charge on any atom is -0.456 e. The fourth-order valence-corrected chi connectivity index (χ4v) is 3.23. The Labute approximate surface area is 107 Å². The van der Waals surface area contributed by atoms with Crippen molar-refractivity contribution in [1.82, 2.24) is 4.72 Å². The zero-order valence-corrected chi connectivity index (χ0v) is 11.3. The maximum absolute atomic E-state index is 11.8. The van der Waals surface area contributed by atoms with Crippen LogP contribution in [0, 0.1) is 12.8 Å². The number of rotatable bonds is 5. The van der Waals surface area contributed by atoms with Gasteiger partial charge in [-0.15, -0.1) is 0 Å². The van der Waals surface area contributed by atoms with Crippen LogP contribution in [0.3, 0.4) is 0 Å². The Hall–Kier alpha value is -1.30. The maximum atomic E-state index is 11.8. The molecule has 0 bridgehead atoms. The molecule has 1 aromatic rings. The molecule has 6 heteroatoms. The lowest BCUT2D eigenvalue weighted by Gasteiger charge is -2.03. The van der Waals surface area contributed by atoms with E-state index in [4.69, 9.17) is 4.42 Å². The van der Waals surface area contributed by atoms with Crippen LogP contribution in [0.2, 0.25) is 0 Å². The van der Waals surface area contributed by atoms with Gasteiger partial charge >= 0.3 is 0 Å². The Morgan fingerprint density at radius 3 is 2.67 bits per heavy atom. The summed E-state index contributed by atoms with van der Waals surface area (Å²) in [7, 11) is -3.54. The first-order valence-electron chi connectivity index (χ1n) is 6.05. The van der Waals surface area contributed by atoms with E-state index < -0.39 is 15.9 Å². The molecule has 5 nitrogen and oxygen atoms in total. The number of carbonyl (C=O) groups excluding carboxylic acids is 1. The molecule has 0 atom stereocenters. The summed E-state index contributed by atoms with van der Waals surface area (Å²) in [4.78, 5) is 11.8. The molecule has 1 aliphatic rings. The highest BCUT2D eigenvalue weighted by Gasteiger charge is 2.29. The fraction of sp³-hybridized carbons (Fsp3) is 0.583. The third kappa shape index (κ3) is 3.13. The molecule has 1 heterocycles. The number of nitrogens with one attached hydrogen (secondary N) is 1. The van der Waals surface area contributed by atoms with Crippen molar-refractivity contribution in [2.45, 2.75) is 33.1 Å². The van der Waals surface area contributed by atoms with E-state index in [1.54, 1.807) is 6.07 Å². The lowest BCUT2D eigenvalue weighted by Crippen LogP contribution is -2.32. The highest BCUT2D eigenvalue weighted by atomic mass is 32.2. The third-order valence-corrected chi connectivity index (χ3v) is 4.37. The first-order chi connectivity index (χ1) is 8.41. The topological polar surface area (TPSA) is 76.4 Å². The predicted molar refractivity (Wildman–Crippen MR) is 66.8 cm³/mol. The third-order valence-electron chi connectivity index (χ3n) is 2.97. The molecule has 1 saturated carbocycles. The van der Waals surface area contributed by atoms with E-state index in [2.05, 4.69) is 0 Å². The molecule has 0 saturated heterocycles. The Morgan fingerprint density at radius 2 is 2.17 bits per heavy atom. The lowest BCUT2D eigenvalue weighted by atomic mass is 10.2. The monoisotopic (exact) mass is 271 g/mol. The van der Waals surface area contributed by atoms with Crippen molar-refractivity contribution in [2.75, 3.05) is 5.75 Å². The molecule has 0 unspecified atom stereocenters. The van der Waals surface area contributed by atoms with Gasteiger partial charge in [-0.3, -0.25) is 4.79 Å². The van der Waals surface area contributed by atoms with Gasteiger partial charge in [0, 0.05) is 6.42 Å². The van der Waals surface area contributed by atoms with Crippen molar-refractivity contribution in [3.8, 4) is 0 Å². The van der Waals surface area contributed by atoms with Crippen molar-refractivity contribution in [3.05, 3.63) is 23.2 Å². The van der Waals surface area contributed by atoms with Gasteiger partial charge in [0.25, 0.3) is 5.91 Å². The summed E-state index contributed by atoms with van der Waals surface area (Å²) in [5.74, 6) is 0.320. The summed E-state index contributed by atoms with van der Waals surface area (Å²) in [6.07, 6.45) is 2.53. The Bertz CT molecular complexity index is 555. The first-order valence-corrected chi connectivity index (χ1v) is 7.70. The Morgan fingerprint density at radius 1 is 1.50 bits per heavy atom. The van der Waals surface area contributed by atoms with Crippen LogP contribution in [0.25, 0.3) is 0 Å². The van der Waals surface area contributed by atoms with Crippen molar-refractivity contribution in [1.29, 1.82) is 0 Å². The molecule has 0 radical (unpaired) electrons. The van der Waals surface area contributed by atoms with Gasteiger partial charge in [0.1, 0.15) is 5.76 Å². The summed E-state index contributed by atoms with van der Waals surface area (Å²) in [5.41, 5.74) is 0.863. The van der Waals surface area contributed by atoms with Crippen molar-refractivity contribution in [3.63, 3.8) is 0 Å². The molecule has 1 N–H and O–H groups in total. The number of hydrogen-bond donors (Lipinski definition) is 1. The molecular formula is C12H17NO4S. The highest BCUT2D eigenvalue weighted by Crippen LogP contribution is 2.30. The normalized spacial score (nSPS) is 15.7. The predicted octanol–water partition coefficient (Wildman–Crippen LogP) is 1.62. The van der Waals surface area contributed by atoms with E-state index in [1.165, 1.54) is 0 Å². The Balaban J connectivity index is 2.06. The molecule has 1 aromatic heterocycles. The molecule has 0 aromatic carbocycles. The van der Waals surface area contributed by atoms with Gasteiger partial charge in [0.05, 0.1) is 5.75 Å². The summed E-state index contributed by atoms with van der Waals surface area (Å²) < 4.78 is 30.7. The number of aryl methyl sites for hydroxylation is 2. The van der Waals surface area contributed by atoms with Crippen LogP contribution >= 0.6 is 0 Å². The van der Waals surface area contributed by atoms with E-state index in [0.29, 0.717) is 12.2 Å². The van der Waals surface area contributed by atoms with Gasteiger partial charge < -0.3 is 4.42 Å². The molecule has 18 heavy (non-hydrogen) atoms. The second-order valence-electron chi connectivity index (χ2n) is 4.73. The van der Waals surface area contributed by atoms with Crippen LogP contribution in [0.1, 0.15) is 41.6 Å². The van der Waals surface area contributed by atoms with Gasteiger partial charge in [-0.25, -0.2) is 13.1 Å². The number of sulfonamides is 1. The average Bonchev–Trinajstić information content (AvgIpc) is 2.97. The second-order valence-corrected chi connectivity index (χ2v) is 6.49. The largest absolute Gasteiger partial charge is 0.456 e. The maximum Gasteiger partial charge on any atom is 0.300 e. The van der Waals surface area contributed by atoms with Gasteiger partial charge in [-0.2, -0.15) is 0 Å². The SMILES string of the molecule is CCc1oc(C(=O)NS(=O)(=O)CC2CC2)cc1C. The van der Waals surface area contributed by atoms with Gasteiger partial charge in [0.2, 0.25) is 10.0 Å². The number of amides is 1. The number of carbonyl (C=O) groups is 1. The summed E-state index contributed by atoms with van der Waals surface area (Å²) in [6.45, 7) is 3.75. The zero-order valence-electron chi connectivity index (χ0n) is 10.5. The van der Waals surface area contributed by atoms with Crippen LogP contribution < -0.4 is 4.72 Å². The van der Waals surface area contributed by atoms with Crippen LogP contribution in [0.15, 0.2) is 10.5 Å². The van der Waals surface area contributed by atoms with Gasteiger partial charge in [-0.1, -0.05) is 6.92 Å². The molecular weight excluding hydrogens is 254 g/mol. The van der Waals surface area contributed by atoms with Crippen molar-refractivity contribution < 1.29 is 17.6 Å². The van der Waals surface area contributed by atoms with Crippen LogP contribution in [0.5, 0.6) is 0 Å². The summed E-state index contributed by atoms with van der Waals surface area (Å²) in [5, 5.41) is 0. The van der Waals surface area contributed by atoms with E-state index in [1.807, 2.05) is 18.6 Å². The van der Waals surface area contributed by atoms with Crippen LogP contribution in [0.4, 0.5) is 0 Å². The van der Waals surface area contributed by atoms with Crippen LogP contribution in [-0.2, 0) is 16.4 Å². The van der Waals surface area contributed by atoms with Crippen molar-refractivity contribution >= 4 is 15.9 Å². The zero-order chi connectivity index (χ0) is 13.3. The molecule has 100 valence electrons. The smallest absolute Gasteiger partial charge is 0.300 e. The molecule has 0 spiro atoms. The van der Waals surface area contributed by atoms with E-state index >= 15 is 0 Å². The minimum atomic E-state index is -3.54. The summed E-state index contributed by atoms with van der Waals surface area (Å²) in [6, 6.07) is 1.57. The van der Waals surface area contributed by atoms with E-state index in [9.17, 15) is 13.2 Å². The highest BCUT2D eigenvalue weighted by molar-refractivity contribution is 7.90. The minimum absolute atomic E-state index is 0.0269. The fourth-order valence-electron chi connectivity index (χ4n) is 1.81. The van der Waals surface area contributed by atoms with E-state index in [-0.39, 0.29) is 17.4 Å². The van der Waals surface area contributed by atoms with Crippen LogP contribution in [-0.4, -0.2) is 20.1 Å². The molecule has 1 amide bonds. The lowest BCUT2D eigenvalue weighted by molar-refractivity contribution is 0.0953. The summed E-state index contributed by atoms with van der Waals surface area (Å²) >= 11 is 0. The van der Waals surface area contributed by atoms with Crippen molar-refractivity contribution in [2.24, 2.45) is 5.92 Å². The molecule has 1 fully saturated rings. The quantitative estimate of drug-likeness (QED) is 0.883. The number of hydrogen-bond acceptors (Lipinski definition) is 4. The second kappa shape index (κ2) is 4.76. The van der Waals surface area contributed by atoms with Gasteiger partial charge in [0.15, 0.2) is 5.76 Å².